The molecule has 0 amide bonds. The quantitative estimate of drug-likeness (QED) is 0.650. The molecule has 1 aliphatic heterocycles. The Balaban J connectivity index is 1.67. The zero-order valence-electron chi connectivity index (χ0n) is 14.9. The fraction of sp³-hybridized carbons (Fsp3) is 0.227. The van der Waals surface area contributed by atoms with Gasteiger partial charge in [-0.15, -0.1) is 11.8 Å². The second-order valence-electron chi connectivity index (χ2n) is 6.83. The molecule has 2 aromatic rings. The third kappa shape index (κ3) is 3.74. The molecular formula is C22H18F3NOS. The summed E-state index contributed by atoms with van der Waals surface area (Å²) >= 11 is 1.12. The number of hydrogen-bond donors (Lipinski definition) is 0. The zero-order valence-corrected chi connectivity index (χ0v) is 15.7. The van der Waals surface area contributed by atoms with Crippen LogP contribution in [-0.4, -0.2) is 24.3 Å². The molecule has 0 N–H and O–H groups in total. The summed E-state index contributed by atoms with van der Waals surface area (Å²) in [6.07, 6.45) is -1.36. The van der Waals surface area contributed by atoms with E-state index in [1.165, 1.54) is 12.2 Å². The van der Waals surface area contributed by atoms with Gasteiger partial charge in [0.2, 0.25) is 0 Å². The molecule has 144 valence electrons. The number of ketones is 1. The zero-order chi connectivity index (χ0) is 19.7. The molecule has 0 bridgehead atoms. The smallest absolute Gasteiger partial charge is 0.340 e. The van der Waals surface area contributed by atoms with Gasteiger partial charge in [0.25, 0.3) is 0 Å². The highest BCUT2D eigenvalue weighted by atomic mass is 32.2. The van der Waals surface area contributed by atoms with Gasteiger partial charge in [-0.2, -0.15) is 13.2 Å². The number of para-hydroxylation sites is 2. The molecule has 0 saturated carbocycles. The van der Waals surface area contributed by atoms with Crippen LogP contribution < -0.4 is 4.90 Å². The molecule has 1 fully saturated rings. The Hall–Kier alpha value is -2.47. The van der Waals surface area contributed by atoms with Crippen molar-refractivity contribution in [3.63, 3.8) is 0 Å². The van der Waals surface area contributed by atoms with Crippen molar-refractivity contribution in [2.75, 3.05) is 17.2 Å². The minimum atomic E-state index is -4.29. The van der Waals surface area contributed by atoms with Crippen LogP contribution in [0.15, 0.2) is 83.3 Å². The van der Waals surface area contributed by atoms with Crippen molar-refractivity contribution in [3.05, 3.63) is 83.3 Å². The highest BCUT2D eigenvalue weighted by Gasteiger charge is 2.48. The summed E-state index contributed by atoms with van der Waals surface area (Å²) in [6.45, 7) is 0.287. The van der Waals surface area contributed by atoms with Gasteiger partial charge in [-0.05, 0) is 35.9 Å². The predicted molar refractivity (Wildman–Crippen MR) is 107 cm³/mol. The molecule has 1 saturated heterocycles. The molecule has 28 heavy (non-hydrogen) atoms. The number of carbonyl (C=O) groups is 1. The first-order chi connectivity index (χ1) is 13.4. The Labute approximate surface area is 165 Å². The number of fused-ring (bicyclic) bond motifs is 1. The van der Waals surface area contributed by atoms with Crippen molar-refractivity contribution in [2.45, 2.75) is 6.18 Å². The second-order valence-corrected chi connectivity index (χ2v) is 7.89. The summed E-state index contributed by atoms with van der Waals surface area (Å²) in [5, 5.41) is 0. The average molecular weight is 401 g/mol. The molecule has 4 rings (SSSR count). The fourth-order valence-corrected chi connectivity index (χ4v) is 4.85. The molecule has 0 radical (unpaired) electrons. The van der Waals surface area contributed by atoms with E-state index in [1.807, 2.05) is 65.6 Å². The molecular weight excluding hydrogens is 383 g/mol. The highest BCUT2D eigenvalue weighted by Crippen LogP contribution is 2.49. The first-order valence-corrected chi connectivity index (χ1v) is 9.97. The van der Waals surface area contributed by atoms with E-state index in [0.717, 1.165) is 23.1 Å². The van der Waals surface area contributed by atoms with E-state index in [2.05, 4.69) is 0 Å². The van der Waals surface area contributed by atoms with Gasteiger partial charge in [0.15, 0.2) is 5.78 Å². The Bertz CT molecular complexity index is 882. The van der Waals surface area contributed by atoms with E-state index >= 15 is 0 Å². The number of allylic oxidation sites excluding steroid dienone is 2. The van der Waals surface area contributed by atoms with Crippen molar-refractivity contribution >= 4 is 28.9 Å². The SMILES string of the molecule is O=C1C=C2SCC(C(F)(F)F)C2=CC1CN(c1ccccc1)c1ccccc1. The highest BCUT2D eigenvalue weighted by molar-refractivity contribution is 8.03. The lowest BCUT2D eigenvalue weighted by molar-refractivity contribution is -0.156. The Morgan fingerprint density at radius 2 is 1.54 bits per heavy atom. The van der Waals surface area contributed by atoms with Gasteiger partial charge < -0.3 is 4.90 Å². The lowest BCUT2D eigenvalue weighted by Gasteiger charge is -2.29. The Kier molecular flexibility index (Phi) is 5.06. The predicted octanol–water partition coefficient (Wildman–Crippen LogP) is 5.76. The number of hydrogen-bond acceptors (Lipinski definition) is 3. The van der Waals surface area contributed by atoms with Crippen LogP contribution in [0, 0.1) is 11.8 Å². The second kappa shape index (κ2) is 7.51. The third-order valence-corrected chi connectivity index (χ3v) is 6.16. The number of alkyl halides is 3. The molecule has 2 nitrogen and oxygen atoms in total. The lowest BCUT2D eigenvalue weighted by atomic mass is 9.88. The van der Waals surface area contributed by atoms with Crippen LogP contribution in [0.4, 0.5) is 24.5 Å². The van der Waals surface area contributed by atoms with Crippen LogP contribution >= 0.6 is 11.8 Å². The van der Waals surface area contributed by atoms with Crippen molar-refractivity contribution in [2.24, 2.45) is 11.8 Å². The normalized spacial score (nSPS) is 21.8. The van der Waals surface area contributed by atoms with E-state index in [9.17, 15) is 18.0 Å². The molecule has 2 aliphatic rings. The van der Waals surface area contributed by atoms with Gasteiger partial charge >= 0.3 is 6.18 Å². The van der Waals surface area contributed by atoms with Gasteiger partial charge in [0, 0.05) is 28.6 Å². The van der Waals surface area contributed by atoms with Crippen LogP contribution in [0.1, 0.15) is 0 Å². The molecule has 6 heteroatoms. The van der Waals surface area contributed by atoms with Gasteiger partial charge in [0.05, 0.1) is 11.8 Å². The molecule has 1 heterocycles. The average Bonchev–Trinajstić information content (AvgIpc) is 3.10. The molecule has 2 aromatic carbocycles. The summed E-state index contributed by atoms with van der Waals surface area (Å²) in [4.78, 5) is 15.1. The van der Waals surface area contributed by atoms with E-state index in [-0.39, 0.29) is 23.7 Å². The van der Waals surface area contributed by atoms with Gasteiger partial charge in [-0.1, -0.05) is 42.5 Å². The minimum absolute atomic E-state index is 0.0533. The van der Waals surface area contributed by atoms with Crippen molar-refractivity contribution < 1.29 is 18.0 Å². The monoisotopic (exact) mass is 401 g/mol. The van der Waals surface area contributed by atoms with E-state index in [1.54, 1.807) is 0 Å². The van der Waals surface area contributed by atoms with Crippen LogP contribution in [0.5, 0.6) is 0 Å². The first-order valence-electron chi connectivity index (χ1n) is 8.98. The number of thioether (sulfide) groups is 1. The molecule has 1 aliphatic carbocycles. The minimum Gasteiger partial charge on any atom is -0.340 e. The van der Waals surface area contributed by atoms with Gasteiger partial charge in [-0.25, -0.2) is 0 Å². The summed E-state index contributed by atoms with van der Waals surface area (Å²) in [5.41, 5.74) is 2.04. The third-order valence-electron chi connectivity index (χ3n) is 5.00. The van der Waals surface area contributed by atoms with Gasteiger partial charge in [0.1, 0.15) is 0 Å². The standard InChI is InChI=1S/C22H18F3NOS/c23-22(24,25)19-14-28-21-12-20(27)15(11-18(19)21)13-26(16-7-3-1-4-8-16)17-9-5-2-6-10-17/h1-12,15,19H,13-14H2. The van der Waals surface area contributed by atoms with E-state index in [0.29, 0.717) is 4.91 Å². The summed E-state index contributed by atoms with van der Waals surface area (Å²) in [5.74, 6) is -2.32. The first kappa shape index (κ1) is 18.9. The number of carbonyl (C=O) groups excluding carboxylic acids is 1. The van der Waals surface area contributed by atoms with E-state index < -0.39 is 18.0 Å². The Morgan fingerprint density at radius 3 is 2.07 bits per heavy atom. The summed E-state index contributed by atoms with van der Waals surface area (Å²) in [7, 11) is 0. The molecule has 2 unspecified atom stereocenters. The molecule has 0 aromatic heterocycles. The van der Waals surface area contributed by atoms with Crippen molar-refractivity contribution in [1.29, 1.82) is 0 Å². The van der Waals surface area contributed by atoms with Crippen LogP contribution in [0.2, 0.25) is 0 Å². The van der Waals surface area contributed by atoms with Crippen LogP contribution in [0.3, 0.4) is 0 Å². The largest absolute Gasteiger partial charge is 0.396 e. The maximum absolute atomic E-state index is 13.4. The van der Waals surface area contributed by atoms with Gasteiger partial charge in [-0.3, -0.25) is 4.79 Å². The van der Waals surface area contributed by atoms with Crippen molar-refractivity contribution in [3.8, 4) is 0 Å². The Morgan fingerprint density at radius 1 is 0.964 bits per heavy atom. The molecule has 2 atom stereocenters. The number of halogens is 3. The number of benzene rings is 2. The lowest BCUT2D eigenvalue weighted by Crippen LogP contribution is -2.31. The van der Waals surface area contributed by atoms with E-state index in [4.69, 9.17) is 0 Å². The summed E-state index contributed by atoms with van der Waals surface area (Å²) in [6, 6.07) is 19.1. The maximum Gasteiger partial charge on any atom is 0.396 e. The molecule has 0 spiro atoms. The summed E-state index contributed by atoms with van der Waals surface area (Å²) < 4.78 is 40.1. The fourth-order valence-electron chi connectivity index (χ4n) is 3.56. The van der Waals surface area contributed by atoms with Crippen molar-refractivity contribution in [1.82, 2.24) is 0 Å². The number of rotatable bonds is 4. The number of anilines is 2. The van der Waals surface area contributed by atoms with Crippen LogP contribution in [-0.2, 0) is 4.79 Å². The topological polar surface area (TPSA) is 20.3 Å². The maximum atomic E-state index is 13.4. The number of nitrogens with zero attached hydrogens (tertiary/aromatic N) is 1. The van der Waals surface area contributed by atoms with Crippen LogP contribution in [0.25, 0.3) is 0 Å².